The molecular weight excluding hydrogens is 578 g/mol. The smallest absolute Gasteiger partial charge is 0.256 e. The minimum absolute atomic E-state index is 0.139. The Morgan fingerprint density at radius 2 is 1.79 bits per heavy atom. The molecular formula is C22H16I2N2O2. The fourth-order valence-corrected chi connectivity index (χ4v) is 3.94. The molecule has 0 aliphatic heterocycles. The van der Waals surface area contributed by atoms with Crippen LogP contribution in [0.1, 0.15) is 21.5 Å². The molecule has 1 N–H and O–H groups in total. The standard InChI is InChI=1S/C22H16I2N2O2/c1-12-3-4-14(9-13(12)2)22-26-19-11-16(6-8-20(19)28-22)25-21(27)17-10-15(23)5-7-18(17)24/h3-11H,1-2H3,(H,25,27). The van der Waals surface area contributed by atoms with E-state index in [9.17, 15) is 4.79 Å². The number of carbonyl (C=O) groups excluding carboxylic acids is 1. The van der Waals surface area contributed by atoms with Crippen molar-refractivity contribution in [1.29, 1.82) is 0 Å². The van der Waals surface area contributed by atoms with Gasteiger partial charge in [-0.05, 0) is 119 Å². The summed E-state index contributed by atoms with van der Waals surface area (Å²) in [6, 6.07) is 17.4. The molecule has 3 aromatic carbocycles. The molecule has 6 heteroatoms. The van der Waals surface area contributed by atoms with Crippen molar-refractivity contribution < 1.29 is 9.21 Å². The van der Waals surface area contributed by atoms with Crippen molar-refractivity contribution in [3.8, 4) is 11.5 Å². The minimum Gasteiger partial charge on any atom is -0.436 e. The van der Waals surface area contributed by atoms with Gasteiger partial charge in [-0.3, -0.25) is 4.79 Å². The van der Waals surface area contributed by atoms with Crippen LogP contribution < -0.4 is 5.32 Å². The Balaban J connectivity index is 1.63. The minimum atomic E-state index is -0.139. The molecule has 0 aliphatic rings. The highest BCUT2D eigenvalue weighted by Gasteiger charge is 2.13. The Bertz CT molecular complexity index is 1210. The molecule has 4 nitrogen and oxygen atoms in total. The first-order chi connectivity index (χ1) is 13.4. The molecule has 0 spiro atoms. The number of hydrogen-bond donors (Lipinski definition) is 1. The van der Waals surface area contributed by atoms with Crippen LogP contribution in [0.15, 0.2) is 59.0 Å². The van der Waals surface area contributed by atoms with E-state index in [1.807, 2.05) is 42.5 Å². The lowest BCUT2D eigenvalue weighted by atomic mass is 10.1. The molecule has 4 aromatic rings. The number of rotatable bonds is 3. The molecule has 0 unspecified atom stereocenters. The van der Waals surface area contributed by atoms with Gasteiger partial charge in [0.05, 0.1) is 5.56 Å². The number of aryl methyl sites for hydroxylation is 2. The van der Waals surface area contributed by atoms with Crippen LogP contribution in [0.2, 0.25) is 0 Å². The first-order valence-corrected chi connectivity index (χ1v) is 10.8. The lowest BCUT2D eigenvalue weighted by Crippen LogP contribution is -2.13. The highest BCUT2D eigenvalue weighted by Crippen LogP contribution is 2.28. The summed E-state index contributed by atoms with van der Waals surface area (Å²) in [5.41, 5.74) is 6.11. The van der Waals surface area contributed by atoms with Gasteiger partial charge in [-0.25, -0.2) is 4.98 Å². The zero-order chi connectivity index (χ0) is 19.8. The Kier molecular flexibility index (Phi) is 5.42. The van der Waals surface area contributed by atoms with E-state index >= 15 is 0 Å². The van der Waals surface area contributed by atoms with Gasteiger partial charge in [0.25, 0.3) is 5.91 Å². The van der Waals surface area contributed by atoms with Crippen LogP contribution in [0.25, 0.3) is 22.6 Å². The predicted octanol–water partition coefficient (Wildman–Crippen LogP) is 6.57. The van der Waals surface area contributed by atoms with Crippen molar-refractivity contribution >= 4 is 67.9 Å². The maximum absolute atomic E-state index is 12.7. The number of anilines is 1. The summed E-state index contributed by atoms with van der Waals surface area (Å²) in [6.07, 6.45) is 0. The lowest BCUT2D eigenvalue weighted by Gasteiger charge is -2.07. The van der Waals surface area contributed by atoms with Crippen LogP contribution in [0.4, 0.5) is 5.69 Å². The van der Waals surface area contributed by atoms with Crippen molar-refractivity contribution in [2.24, 2.45) is 0 Å². The number of aromatic nitrogens is 1. The molecule has 1 amide bonds. The molecule has 140 valence electrons. The molecule has 0 atom stereocenters. The predicted molar refractivity (Wildman–Crippen MR) is 129 cm³/mol. The largest absolute Gasteiger partial charge is 0.436 e. The summed E-state index contributed by atoms with van der Waals surface area (Å²) in [6.45, 7) is 4.15. The number of fused-ring (bicyclic) bond motifs is 1. The molecule has 0 saturated heterocycles. The van der Waals surface area contributed by atoms with Gasteiger partial charge >= 0.3 is 0 Å². The molecule has 4 rings (SSSR count). The maximum atomic E-state index is 12.7. The average Bonchev–Trinajstić information content (AvgIpc) is 3.09. The van der Waals surface area contributed by atoms with Crippen LogP contribution in [-0.2, 0) is 0 Å². The fourth-order valence-electron chi connectivity index (χ4n) is 2.87. The number of carbonyl (C=O) groups is 1. The highest BCUT2D eigenvalue weighted by atomic mass is 127. The zero-order valence-electron chi connectivity index (χ0n) is 15.2. The summed E-state index contributed by atoms with van der Waals surface area (Å²) in [7, 11) is 0. The second-order valence-corrected chi connectivity index (χ2v) is 8.99. The maximum Gasteiger partial charge on any atom is 0.256 e. The summed E-state index contributed by atoms with van der Waals surface area (Å²) >= 11 is 4.38. The summed E-state index contributed by atoms with van der Waals surface area (Å²) < 4.78 is 7.84. The van der Waals surface area contributed by atoms with Gasteiger partial charge in [0.15, 0.2) is 5.58 Å². The van der Waals surface area contributed by atoms with Crippen LogP contribution in [0.5, 0.6) is 0 Å². The van der Waals surface area contributed by atoms with E-state index in [0.29, 0.717) is 28.2 Å². The number of oxazole rings is 1. The van der Waals surface area contributed by atoms with E-state index in [2.05, 4.69) is 81.5 Å². The topological polar surface area (TPSA) is 55.1 Å². The van der Waals surface area contributed by atoms with Gasteiger partial charge in [0, 0.05) is 18.4 Å². The molecule has 1 heterocycles. The number of halogens is 2. The summed E-state index contributed by atoms with van der Waals surface area (Å²) in [5.74, 6) is 0.439. The normalized spacial score (nSPS) is 11.0. The van der Waals surface area contributed by atoms with Crippen molar-refractivity contribution in [3.05, 3.63) is 78.4 Å². The van der Waals surface area contributed by atoms with E-state index in [-0.39, 0.29) is 5.91 Å². The molecule has 0 saturated carbocycles. The van der Waals surface area contributed by atoms with Gasteiger partial charge < -0.3 is 9.73 Å². The molecule has 0 fully saturated rings. The van der Waals surface area contributed by atoms with E-state index in [1.165, 1.54) is 11.1 Å². The second-order valence-electron chi connectivity index (χ2n) is 6.58. The number of nitrogens with one attached hydrogen (secondary N) is 1. The summed E-state index contributed by atoms with van der Waals surface area (Å²) in [4.78, 5) is 17.3. The van der Waals surface area contributed by atoms with Gasteiger partial charge in [-0.2, -0.15) is 0 Å². The first kappa shape index (κ1) is 19.4. The molecule has 0 aliphatic carbocycles. The van der Waals surface area contributed by atoms with E-state index in [1.54, 1.807) is 0 Å². The van der Waals surface area contributed by atoms with E-state index in [4.69, 9.17) is 4.42 Å². The third-order valence-electron chi connectivity index (χ3n) is 4.57. The number of benzene rings is 3. The number of amides is 1. The van der Waals surface area contributed by atoms with Crippen LogP contribution in [0.3, 0.4) is 0 Å². The Morgan fingerprint density at radius 1 is 0.964 bits per heavy atom. The molecule has 1 aromatic heterocycles. The molecule has 0 bridgehead atoms. The third-order valence-corrected chi connectivity index (χ3v) is 6.18. The van der Waals surface area contributed by atoms with Gasteiger partial charge in [0.2, 0.25) is 5.89 Å². The summed E-state index contributed by atoms with van der Waals surface area (Å²) in [5, 5.41) is 2.96. The van der Waals surface area contributed by atoms with Crippen molar-refractivity contribution in [3.63, 3.8) is 0 Å². The quantitative estimate of drug-likeness (QED) is 0.273. The Morgan fingerprint density at radius 3 is 2.57 bits per heavy atom. The fraction of sp³-hybridized carbons (Fsp3) is 0.0909. The van der Waals surface area contributed by atoms with E-state index < -0.39 is 0 Å². The van der Waals surface area contributed by atoms with E-state index in [0.717, 1.165) is 12.7 Å². The first-order valence-electron chi connectivity index (χ1n) is 8.65. The second kappa shape index (κ2) is 7.82. The number of hydrogen-bond acceptors (Lipinski definition) is 3. The van der Waals surface area contributed by atoms with Crippen LogP contribution in [0, 0.1) is 21.0 Å². The number of nitrogens with zero attached hydrogens (tertiary/aromatic N) is 1. The lowest BCUT2D eigenvalue weighted by molar-refractivity contribution is 0.102. The van der Waals surface area contributed by atoms with Crippen LogP contribution in [-0.4, -0.2) is 10.9 Å². The Hall–Kier alpha value is -1.94. The van der Waals surface area contributed by atoms with Crippen molar-refractivity contribution in [2.75, 3.05) is 5.32 Å². The van der Waals surface area contributed by atoms with Gasteiger partial charge in [-0.15, -0.1) is 0 Å². The van der Waals surface area contributed by atoms with Crippen molar-refractivity contribution in [1.82, 2.24) is 4.98 Å². The zero-order valence-corrected chi connectivity index (χ0v) is 19.5. The molecule has 28 heavy (non-hydrogen) atoms. The highest BCUT2D eigenvalue weighted by molar-refractivity contribution is 14.1. The average molecular weight is 594 g/mol. The van der Waals surface area contributed by atoms with Crippen molar-refractivity contribution in [2.45, 2.75) is 13.8 Å². The monoisotopic (exact) mass is 594 g/mol. The van der Waals surface area contributed by atoms with Crippen LogP contribution >= 0.6 is 45.2 Å². The van der Waals surface area contributed by atoms with Gasteiger partial charge in [-0.1, -0.05) is 6.07 Å². The van der Waals surface area contributed by atoms with Gasteiger partial charge in [0.1, 0.15) is 5.52 Å². The molecule has 0 radical (unpaired) electrons. The Labute approximate surface area is 190 Å². The SMILES string of the molecule is Cc1ccc(-c2nc3cc(NC(=O)c4cc(I)ccc4I)ccc3o2)cc1C. The third kappa shape index (κ3) is 3.93.